The van der Waals surface area contributed by atoms with Crippen molar-refractivity contribution < 1.29 is 27.8 Å². The van der Waals surface area contributed by atoms with E-state index in [0.717, 1.165) is 0 Å². The van der Waals surface area contributed by atoms with Gasteiger partial charge >= 0.3 is 6.18 Å². The third-order valence-electron chi connectivity index (χ3n) is 4.10. The molecule has 1 unspecified atom stereocenters. The fourth-order valence-corrected chi connectivity index (χ4v) is 3.35. The van der Waals surface area contributed by atoms with E-state index in [1.807, 2.05) is 0 Å². The highest BCUT2D eigenvalue weighted by molar-refractivity contribution is 9.10. The molecule has 1 N–H and O–H groups in total. The Morgan fingerprint density at radius 3 is 2.48 bits per heavy atom. The molecule has 0 spiro atoms. The van der Waals surface area contributed by atoms with Crippen molar-refractivity contribution in [2.75, 3.05) is 6.61 Å². The molecule has 0 aromatic heterocycles. The summed E-state index contributed by atoms with van der Waals surface area (Å²) in [6, 6.07) is 10.4. The molecule has 5 nitrogen and oxygen atoms in total. The maximum atomic E-state index is 13.6. The summed E-state index contributed by atoms with van der Waals surface area (Å²) in [7, 11) is 0. The lowest BCUT2D eigenvalue weighted by Gasteiger charge is -2.32. The number of amides is 1. The van der Waals surface area contributed by atoms with Crippen LogP contribution < -0.4 is 4.74 Å². The standard InChI is InChI=1S/C18H12BrCl2F3N2O3/c19-11-3-1-10(2-4-11)14-8-17(28,18(22,23)24)26(25-14)16(27)9-29-15-6-5-12(20)7-13(15)21/h1-7,28H,8-9H2. The lowest BCUT2D eigenvalue weighted by Crippen LogP contribution is -2.57. The second kappa shape index (κ2) is 8.14. The zero-order valence-corrected chi connectivity index (χ0v) is 17.5. The van der Waals surface area contributed by atoms with Crippen LogP contribution in [-0.2, 0) is 4.79 Å². The molecule has 1 aliphatic rings. The van der Waals surface area contributed by atoms with Crippen molar-refractivity contribution in [3.05, 3.63) is 62.5 Å². The van der Waals surface area contributed by atoms with Crippen molar-refractivity contribution in [2.45, 2.75) is 18.3 Å². The largest absolute Gasteiger partial charge is 0.482 e. The molecule has 11 heteroatoms. The molecular weight excluding hydrogens is 500 g/mol. The van der Waals surface area contributed by atoms with Gasteiger partial charge in [-0.15, -0.1) is 0 Å². The third kappa shape index (κ3) is 4.53. The van der Waals surface area contributed by atoms with E-state index in [2.05, 4.69) is 21.0 Å². The number of ether oxygens (including phenoxy) is 1. The van der Waals surface area contributed by atoms with Crippen LogP contribution in [-0.4, -0.2) is 40.2 Å². The topological polar surface area (TPSA) is 62.1 Å². The van der Waals surface area contributed by atoms with E-state index < -0.39 is 30.8 Å². The summed E-state index contributed by atoms with van der Waals surface area (Å²) >= 11 is 14.9. The first-order valence-electron chi connectivity index (χ1n) is 8.05. The number of hydrazone groups is 1. The van der Waals surface area contributed by atoms with E-state index in [4.69, 9.17) is 27.9 Å². The van der Waals surface area contributed by atoms with E-state index >= 15 is 0 Å². The van der Waals surface area contributed by atoms with Gasteiger partial charge in [0.2, 0.25) is 0 Å². The first-order chi connectivity index (χ1) is 13.5. The number of carbonyl (C=O) groups excluding carboxylic acids is 1. The maximum Gasteiger partial charge on any atom is 0.438 e. The van der Waals surface area contributed by atoms with Gasteiger partial charge in [0.05, 0.1) is 17.2 Å². The number of benzene rings is 2. The van der Waals surface area contributed by atoms with Crippen molar-refractivity contribution in [3.8, 4) is 5.75 Å². The van der Waals surface area contributed by atoms with Crippen LogP contribution >= 0.6 is 39.1 Å². The molecule has 0 fully saturated rings. The van der Waals surface area contributed by atoms with E-state index in [0.29, 0.717) is 15.1 Å². The van der Waals surface area contributed by atoms with Crippen molar-refractivity contribution in [2.24, 2.45) is 5.10 Å². The van der Waals surface area contributed by atoms with Crippen molar-refractivity contribution in [1.29, 1.82) is 0 Å². The lowest BCUT2D eigenvalue weighted by molar-refractivity contribution is -0.302. The predicted molar refractivity (Wildman–Crippen MR) is 105 cm³/mol. The molecule has 29 heavy (non-hydrogen) atoms. The van der Waals surface area contributed by atoms with Gasteiger partial charge in [0.25, 0.3) is 11.6 Å². The van der Waals surface area contributed by atoms with Gasteiger partial charge in [-0.25, -0.2) is 0 Å². The van der Waals surface area contributed by atoms with Crippen LogP contribution in [0.25, 0.3) is 0 Å². The summed E-state index contributed by atoms with van der Waals surface area (Å²) in [5.41, 5.74) is -3.23. The molecule has 0 aliphatic carbocycles. The number of rotatable bonds is 4. The Hall–Kier alpha value is -1.81. The van der Waals surface area contributed by atoms with Gasteiger partial charge in [0, 0.05) is 9.50 Å². The molecule has 0 radical (unpaired) electrons. The lowest BCUT2D eigenvalue weighted by atomic mass is 10.0. The molecule has 1 heterocycles. The highest BCUT2D eigenvalue weighted by atomic mass is 79.9. The van der Waals surface area contributed by atoms with Crippen molar-refractivity contribution >= 4 is 50.8 Å². The summed E-state index contributed by atoms with van der Waals surface area (Å²) in [5.74, 6) is -1.14. The van der Waals surface area contributed by atoms with Gasteiger partial charge in [-0.1, -0.05) is 51.3 Å². The van der Waals surface area contributed by atoms with Crippen LogP contribution in [0.5, 0.6) is 5.75 Å². The Labute approximate surface area is 181 Å². The SMILES string of the molecule is O=C(COc1ccc(Cl)cc1Cl)N1N=C(c2ccc(Br)cc2)CC1(O)C(F)(F)F. The summed E-state index contributed by atoms with van der Waals surface area (Å²) in [4.78, 5) is 12.4. The molecule has 1 amide bonds. The van der Waals surface area contributed by atoms with E-state index in [9.17, 15) is 23.1 Å². The minimum atomic E-state index is -5.14. The second-order valence-corrected chi connectivity index (χ2v) is 7.87. The normalized spacial score (nSPS) is 19.3. The number of alkyl halides is 3. The molecule has 3 rings (SSSR count). The van der Waals surface area contributed by atoms with Gasteiger partial charge in [0.15, 0.2) is 6.61 Å². The summed E-state index contributed by atoms with van der Waals surface area (Å²) in [6.07, 6.45) is -6.05. The predicted octanol–water partition coefficient (Wildman–Crippen LogP) is 5.02. The van der Waals surface area contributed by atoms with Gasteiger partial charge in [-0.05, 0) is 35.9 Å². The smallest absolute Gasteiger partial charge is 0.438 e. The molecular formula is C18H12BrCl2F3N2O3. The van der Waals surface area contributed by atoms with Crippen LogP contribution in [0.4, 0.5) is 13.2 Å². The number of hydrogen-bond acceptors (Lipinski definition) is 4. The maximum absolute atomic E-state index is 13.6. The molecule has 2 aromatic carbocycles. The Morgan fingerprint density at radius 2 is 1.90 bits per heavy atom. The van der Waals surface area contributed by atoms with Gasteiger partial charge in [0.1, 0.15) is 5.75 Å². The van der Waals surface area contributed by atoms with Crippen LogP contribution in [0.3, 0.4) is 0 Å². The van der Waals surface area contributed by atoms with Crippen LogP contribution in [0, 0.1) is 0 Å². The van der Waals surface area contributed by atoms with Gasteiger partial charge < -0.3 is 9.84 Å². The molecule has 0 bridgehead atoms. The average Bonchev–Trinajstić information content (AvgIpc) is 3.00. The monoisotopic (exact) mass is 510 g/mol. The Bertz CT molecular complexity index is 970. The van der Waals surface area contributed by atoms with Crippen molar-refractivity contribution in [1.82, 2.24) is 5.01 Å². The number of halogens is 6. The van der Waals surface area contributed by atoms with Crippen LogP contribution in [0.1, 0.15) is 12.0 Å². The van der Waals surface area contributed by atoms with Crippen LogP contribution in [0.15, 0.2) is 52.0 Å². The highest BCUT2D eigenvalue weighted by Gasteiger charge is 2.63. The van der Waals surface area contributed by atoms with Gasteiger partial charge in [-0.3, -0.25) is 4.79 Å². The minimum absolute atomic E-state index is 0.00814. The Balaban J connectivity index is 1.85. The number of nitrogens with zero attached hydrogens (tertiary/aromatic N) is 2. The summed E-state index contributed by atoms with van der Waals surface area (Å²) in [5, 5.41) is 14.4. The third-order valence-corrected chi connectivity index (χ3v) is 5.16. The number of aliphatic hydroxyl groups is 1. The number of hydrogen-bond donors (Lipinski definition) is 1. The van der Waals surface area contributed by atoms with Crippen molar-refractivity contribution in [3.63, 3.8) is 0 Å². The molecule has 2 aromatic rings. The summed E-state index contributed by atoms with van der Waals surface area (Å²) < 4.78 is 46.6. The fraction of sp³-hybridized carbons (Fsp3) is 0.222. The first-order valence-corrected chi connectivity index (χ1v) is 9.59. The Kier molecular flexibility index (Phi) is 6.14. The van der Waals surface area contributed by atoms with Gasteiger partial charge in [-0.2, -0.15) is 23.3 Å². The quantitative estimate of drug-likeness (QED) is 0.626. The van der Waals surface area contributed by atoms with Crippen LogP contribution in [0.2, 0.25) is 10.0 Å². The Morgan fingerprint density at radius 1 is 1.24 bits per heavy atom. The summed E-state index contributed by atoms with van der Waals surface area (Å²) in [6.45, 7) is -0.823. The number of carbonyl (C=O) groups is 1. The fourth-order valence-electron chi connectivity index (χ4n) is 2.62. The zero-order chi connectivity index (χ0) is 21.4. The zero-order valence-electron chi connectivity index (χ0n) is 14.4. The minimum Gasteiger partial charge on any atom is -0.482 e. The van der Waals surface area contributed by atoms with E-state index in [1.165, 1.54) is 30.3 Å². The second-order valence-electron chi connectivity index (χ2n) is 6.11. The molecule has 1 aliphatic heterocycles. The molecule has 0 saturated carbocycles. The highest BCUT2D eigenvalue weighted by Crippen LogP contribution is 2.41. The van der Waals surface area contributed by atoms with E-state index in [-0.39, 0.29) is 21.5 Å². The molecule has 0 saturated heterocycles. The molecule has 1 atom stereocenters. The first kappa shape index (κ1) is 21.9. The van der Waals surface area contributed by atoms with E-state index in [1.54, 1.807) is 12.1 Å². The molecule has 154 valence electrons. The average molecular weight is 512 g/mol.